The van der Waals surface area contributed by atoms with Crippen LogP contribution in [0.15, 0.2) is 61.1 Å². The van der Waals surface area contributed by atoms with Crippen LogP contribution in [-0.2, 0) is 0 Å². The maximum Gasteiger partial charge on any atom is 0.170 e. The largest absolute Gasteiger partial charge is 0.396 e. The molecule has 0 amide bonds. The molecular formula is C21H23N5OS. The van der Waals surface area contributed by atoms with Gasteiger partial charge in [0.05, 0.1) is 29.7 Å². The number of pyridine rings is 2. The molecule has 0 radical (unpaired) electrons. The van der Waals surface area contributed by atoms with E-state index in [1.807, 2.05) is 30.5 Å². The number of thiocarbonyl (C=S) groups is 1. The average molecular weight is 394 g/mol. The molecule has 0 spiro atoms. The number of aromatic nitrogens is 3. The molecule has 2 N–H and O–H groups in total. The van der Waals surface area contributed by atoms with Gasteiger partial charge in [-0.25, -0.2) is 0 Å². The predicted molar refractivity (Wildman–Crippen MR) is 112 cm³/mol. The third-order valence-electron chi connectivity index (χ3n) is 5.07. The molecule has 28 heavy (non-hydrogen) atoms. The highest BCUT2D eigenvalue weighted by molar-refractivity contribution is 7.80. The number of aryl methyl sites for hydroxylation is 1. The van der Waals surface area contributed by atoms with Crippen molar-refractivity contribution >= 4 is 17.3 Å². The van der Waals surface area contributed by atoms with Crippen LogP contribution in [0.4, 0.5) is 0 Å². The van der Waals surface area contributed by atoms with Crippen LogP contribution in [0.2, 0.25) is 0 Å². The van der Waals surface area contributed by atoms with Gasteiger partial charge in [-0.1, -0.05) is 6.07 Å². The summed E-state index contributed by atoms with van der Waals surface area (Å²) >= 11 is 5.66. The number of rotatable bonds is 6. The third kappa shape index (κ3) is 3.39. The highest BCUT2D eigenvalue weighted by atomic mass is 32.1. The monoisotopic (exact) mass is 393 g/mol. The van der Waals surface area contributed by atoms with Gasteiger partial charge in [-0.15, -0.1) is 0 Å². The van der Waals surface area contributed by atoms with Crippen LogP contribution in [0, 0.1) is 6.92 Å². The molecule has 4 heterocycles. The average Bonchev–Trinajstić information content (AvgIpc) is 3.27. The molecule has 3 aromatic rings. The predicted octanol–water partition coefficient (Wildman–Crippen LogP) is 2.93. The van der Waals surface area contributed by atoms with E-state index in [-0.39, 0.29) is 18.7 Å². The third-order valence-corrected chi connectivity index (χ3v) is 5.42. The molecule has 0 bridgehead atoms. The van der Waals surface area contributed by atoms with Gasteiger partial charge in [0.25, 0.3) is 0 Å². The maximum atomic E-state index is 9.37. The second-order valence-corrected chi connectivity index (χ2v) is 7.23. The first-order chi connectivity index (χ1) is 13.7. The standard InChI is InChI=1S/C21H23N5OS/c1-15-8-9-18(26(15)16-6-4-10-22-14-16)20-19(17-7-2-3-11-23-17)24-21(28)25(20)12-5-13-27/h2-4,6-11,14,19-20,27H,5,12-13H2,1H3,(H,24,28). The molecule has 0 saturated carbocycles. The second kappa shape index (κ2) is 8.08. The molecule has 6 nitrogen and oxygen atoms in total. The van der Waals surface area contributed by atoms with Crippen molar-refractivity contribution in [1.29, 1.82) is 0 Å². The van der Waals surface area contributed by atoms with Crippen LogP contribution in [0.25, 0.3) is 5.69 Å². The summed E-state index contributed by atoms with van der Waals surface area (Å²) in [4.78, 5) is 11.0. The van der Waals surface area contributed by atoms with Crippen LogP contribution in [0.5, 0.6) is 0 Å². The van der Waals surface area contributed by atoms with Crippen molar-refractivity contribution in [3.63, 3.8) is 0 Å². The van der Waals surface area contributed by atoms with Gasteiger partial charge in [0.2, 0.25) is 0 Å². The molecule has 7 heteroatoms. The number of hydrogen-bond acceptors (Lipinski definition) is 4. The quantitative estimate of drug-likeness (QED) is 0.628. The van der Waals surface area contributed by atoms with Gasteiger partial charge in [0, 0.05) is 36.9 Å². The molecule has 1 fully saturated rings. The fraction of sp³-hybridized carbons (Fsp3) is 0.286. The molecule has 1 aliphatic rings. The lowest BCUT2D eigenvalue weighted by atomic mass is 10.0. The zero-order chi connectivity index (χ0) is 19.5. The summed E-state index contributed by atoms with van der Waals surface area (Å²) in [6.45, 7) is 2.89. The van der Waals surface area contributed by atoms with E-state index in [2.05, 4.69) is 49.9 Å². The van der Waals surface area contributed by atoms with E-state index < -0.39 is 0 Å². The normalized spacial score (nSPS) is 19.1. The Kier molecular flexibility index (Phi) is 5.36. The van der Waals surface area contributed by atoms with E-state index in [9.17, 15) is 5.11 Å². The topological polar surface area (TPSA) is 66.2 Å². The minimum Gasteiger partial charge on any atom is -0.396 e. The van der Waals surface area contributed by atoms with E-state index in [0.717, 1.165) is 22.8 Å². The number of nitrogens with zero attached hydrogens (tertiary/aromatic N) is 4. The van der Waals surface area contributed by atoms with Crippen molar-refractivity contribution in [3.05, 3.63) is 78.1 Å². The Morgan fingerprint density at radius 3 is 2.75 bits per heavy atom. The van der Waals surface area contributed by atoms with E-state index in [4.69, 9.17) is 12.2 Å². The number of aliphatic hydroxyl groups is 1. The lowest BCUT2D eigenvalue weighted by Crippen LogP contribution is -2.32. The van der Waals surface area contributed by atoms with Crippen molar-refractivity contribution in [2.24, 2.45) is 0 Å². The summed E-state index contributed by atoms with van der Waals surface area (Å²) in [6, 6.07) is 14.1. The van der Waals surface area contributed by atoms with Gasteiger partial charge in [0.15, 0.2) is 5.11 Å². The Morgan fingerprint density at radius 2 is 2.04 bits per heavy atom. The molecule has 2 atom stereocenters. The minimum absolute atomic E-state index is 0.0390. The Balaban J connectivity index is 1.82. The van der Waals surface area contributed by atoms with Gasteiger partial charge in [0.1, 0.15) is 0 Å². The number of hydrogen-bond donors (Lipinski definition) is 2. The van der Waals surface area contributed by atoms with Gasteiger partial charge in [-0.3, -0.25) is 9.97 Å². The first kappa shape index (κ1) is 18.6. The van der Waals surface area contributed by atoms with Crippen molar-refractivity contribution in [3.8, 4) is 5.69 Å². The van der Waals surface area contributed by atoms with E-state index in [0.29, 0.717) is 18.1 Å². The van der Waals surface area contributed by atoms with E-state index >= 15 is 0 Å². The fourth-order valence-corrected chi connectivity index (χ4v) is 4.17. The molecule has 1 saturated heterocycles. The molecule has 2 unspecified atom stereocenters. The molecule has 4 rings (SSSR count). The summed E-state index contributed by atoms with van der Waals surface area (Å²) in [5, 5.41) is 13.5. The summed E-state index contributed by atoms with van der Waals surface area (Å²) in [7, 11) is 0. The number of nitrogens with one attached hydrogen (secondary N) is 1. The maximum absolute atomic E-state index is 9.37. The molecular weight excluding hydrogens is 370 g/mol. The van der Waals surface area contributed by atoms with Crippen molar-refractivity contribution in [1.82, 2.24) is 24.8 Å². The Bertz CT molecular complexity index is 944. The summed E-state index contributed by atoms with van der Waals surface area (Å²) in [5.41, 5.74) is 4.20. The summed E-state index contributed by atoms with van der Waals surface area (Å²) in [5.74, 6) is 0. The molecule has 0 aliphatic carbocycles. The van der Waals surface area contributed by atoms with Gasteiger partial charge in [-0.05, 0) is 62.0 Å². The SMILES string of the molecule is Cc1ccc(C2C(c3ccccn3)NC(=S)N2CCCO)n1-c1cccnc1. The van der Waals surface area contributed by atoms with Crippen molar-refractivity contribution in [2.45, 2.75) is 25.4 Å². The smallest absolute Gasteiger partial charge is 0.170 e. The Hall–Kier alpha value is -2.77. The molecule has 144 valence electrons. The summed E-state index contributed by atoms with van der Waals surface area (Å²) < 4.78 is 2.22. The van der Waals surface area contributed by atoms with Gasteiger partial charge < -0.3 is 19.9 Å². The highest BCUT2D eigenvalue weighted by Crippen LogP contribution is 2.40. The Labute approximate surface area is 169 Å². The highest BCUT2D eigenvalue weighted by Gasteiger charge is 2.41. The fourth-order valence-electron chi connectivity index (χ4n) is 3.84. The van der Waals surface area contributed by atoms with Crippen molar-refractivity contribution in [2.75, 3.05) is 13.2 Å². The number of aliphatic hydroxyl groups excluding tert-OH is 1. The van der Waals surface area contributed by atoms with Crippen LogP contribution < -0.4 is 5.32 Å². The summed E-state index contributed by atoms with van der Waals surface area (Å²) in [6.07, 6.45) is 6.10. The van der Waals surface area contributed by atoms with Crippen molar-refractivity contribution < 1.29 is 5.11 Å². The lowest BCUT2D eigenvalue weighted by molar-refractivity contribution is 0.244. The van der Waals surface area contributed by atoms with Crippen LogP contribution in [0.1, 0.15) is 35.6 Å². The van der Waals surface area contributed by atoms with E-state index in [1.165, 1.54) is 0 Å². The van der Waals surface area contributed by atoms with Crippen LogP contribution >= 0.6 is 12.2 Å². The first-order valence-corrected chi connectivity index (χ1v) is 9.79. The van der Waals surface area contributed by atoms with E-state index in [1.54, 1.807) is 12.4 Å². The van der Waals surface area contributed by atoms with Crippen LogP contribution in [-0.4, -0.2) is 42.8 Å². The van der Waals surface area contributed by atoms with Gasteiger partial charge >= 0.3 is 0 Å². The lowest BCUT2D eigenvalue weighted by Gasteiger charge is -2.29. The van der Waals surface area contributed by atoms with Crippen LogP contribution in [0.3, 0.4) is 0 Å². The Morgan fingerprint density at radius 1 is 1.14 bits per heavy atom. The zero-order valence-corrected chi connectivity index (χ0v) is 16.5. The molecule has 0 aromatic carbocycles. The van der Waals surface area contributed by atoms with Gasteiger partial charge in [-0.2, -0.15) is 0 Å². The molecule has 1 aliphatic heterocycles. The first-order valence-electron chi connectivity index (χ1n) is 9.38. The zero-order valence-electron chi connectivity index (χ0n) is 15.7. The minimum atomic E-state index is -0.0721. The second-order valence-electron chi connectivity index (χ2n) is 6.84. The molecule has 3 aromatic heterocycles.